The lowest BCUT2D eigenvalue weighted by Crippen LogP contribution is -2.42. The minimum Gasteiger partial charge on any atom is -0.396 e. The van der Waals surface area contributed by atoms with Crippen LogP contribution in [0, 0.1) is 11.8 Å². The standard InChI is InChI=1S/C11H20N2O2/c1-8-5-13(6-9(8)7-14)11(15)10-3-2-4-12-10/h8-10,12,14H,2-7H2,1H3/t8-,9-,10-/m1/s1. The first-order valence-corrected chi connectivity index (χ1v) is 5.85. The number of nitrogens with one attached hydrogen (secondary N) is 1. The lowest BCUT2D eigenvalue weighted by Gasteiger charge is -2.20. The van der Waals surface area contributed by atoms with E-state index in [1.165, 1.54) is 0 Å². The van der Waals surface area contributed by atoms with Crippen LogP contribution in [0.1, 0.15) is 19.8 Å². The molecular weight excluding hydrogens is 192 g/mol. The SMILES string of the molecule is C[C@@H]1CN(C(=O)[C@H]2CCCN2)C[C@@H]1CO. The molecule has 0 saturated carbocycles. The molecule has 4 nitrogen and oxygen atoms in total. The summed E-state index contributed by atoms with van der Waals surface area (Å²) in [6, 6.07) is 0.0367. The summed E-state index contributed by atoms with van der Waals surface area (Å²) < 4.78 is 0. The van der Waals surface area contributed by atoms with Gasteiger partial charge in [0.2, 0.25) is 5.91 Å². The van der Waals surface area contributed by atoms with Crippen LogP contribution in [0.15, 0.2) is 0 Å². The van der Waals surface area contributed by atoms with Gasteiger partial charge in [-0.25, -0.2) is 0 Å². The third kappa shape index (κ3) is 2.16. The Morgan fingerprint density at radius 3 is 2.87 bits per heavy atom. The molecule has 2 N–H and O–H groups in total. The summed E-state index contributed by atoms with van der Waals surface area (Å²) in [5, 5.41) is 12.4. The summed E-state index contributed by atoms with van der Waals surface area (Å²) in [7, 11) is 0. The van der Waals surface area contributed by atoms with Gasteiger partial charge in [0, 0.05) is 25.6 Å². The molecule has 15 heavy (non-hydrogen) atoms. The maximum absolute atomic E-state index is 12.0. The second-order valence-corrected chi connectivity index (χ2v) is 4.81. The van der Waals surface area contributed by atoms with Crippen LogP contribution in [0.2, 0.25) is 0 Å². The van der Waals surface area contributed by atoms with Crippen LogP contribution in [0.4, 0.5) is 0 Å². The summed E-state index contributed by atoms with van der Waals surface area (Å²) in [6.07, 6.45) is 2.07. The van der Waals surface area contributed by atoms with Crippen LogP contribution < -0.4 is 5.32 Å². The third-order valence-corrected chi connectivity index (χ3v) is 3.67. The Labute approximate surface area is 90.6 Å². The van der Waals surface area contributed by atoms with Crippen molar-refractivity contribution in [2.24, 2.45) is 11.8 Å². The van der Waals surface area contributed by atoms with Gasteiger partial charge in [-0.2, -0.15) is 0 Å². The first-order valence-electron chi connectivity index (χ1n) is 5.85. The average molecular weight is 212 g/mol. The smallest absolute Gasteiger partial charge is 0.239 e. The highest BCUT2D eigenvalue weighted by Crippen LogP contribution is 2.23. The van der Waals surface area contributed by atoms with Crippen molar-refractivity contribution in [3.05, 3.63) is 0 Å². The number of hydrogen-bond acceptors (Lipinski definition) is 3. The van der Waals surface area contributed by atoms with E-state index >= 15 is 0 Å². The molecule has 2 heterocycles. The van der Waals surface area contributed by atoms with Crippen LogP contribution in [0.5, 0.6) is 0 Å². The Bertz CT molecular complexity index is 239. The molecule has 2 aliphatic heterocycles. The number of carbonyl (C=O) groups excluding carboxylic acids is 1. The summed E-state index contributed by atoms with van der Waals surface area (Å²) in [5.41, 5.74) is 0. The van der Waals surface area contributed by atoms with E-state index in [1.54, 1.807) is 0 Å². The number of amides is 1. The zero-order valence-electron chi connectivity index (χ0n) is 9.28. The largest absolute Gasteiger partial charge is 0.396 e. The van der Waals surface area contributed by atoms with Crippen molar-refractivity contribution >= 4 is 5.91 Å². The maximum Gasteiger partial charge on any atom is 0.239 e. The Morgan fingerprint density at radius 2 is 2.33 bits per heavy atom. The van der Waals surface area contributed by atoms with E-state index in [0.29, 0.717) is 5.92 Å². The van der Waals surface area contributed by atoms with Gasteiger partial charge in [0.1, 0.15) is 0 Å². The van der Waals surface area contributed by atoms with Gasteiger partial charge in [-0.15, -0.1) is 0 Å². The van der Waals surface area contributed by atoms with Crippen LogP contribution in [-0.2, 0) is 4.79 Å². The molecule has 2 aliphatic rings. The van der Waals surface area contributed by atoms with E-state index in [2.05, 4.69) is 12.2 Å². The molecule has 0 bridgehead atoms. The molecule has 0 aromatic heterocycles. The number of rotatable bonds is 2. The highest BCUT2D eigenvalue weighted by molar-refractivity contribution is 5.82. The second-order valence-electron chi connectivity index (χ2n) is 4.81. The minimum atomic E-state index is 0.0367. The third-order valence-electron chi connectivity index (χ3n) is 3.67. The predicted molar refractivity (Wildman–Crippen MR) is 57.3 cm³/mol. The van der Waals surface area contributed by atoms with E-state index in [4.69, 9.17) is 5.11 Å². The molecule has 0 unspecified atom stereocenters. The minimum absolute atomic E-state index is 0.0367. The monoisotopic (exact) mass is 212 g/mol. The quantitative estimate of drug-likeness (QED) is 0.668. The van der Waals surface area contributed by atoms with E-state index in [1.807, 2.05) is 4.90 Å². The highest BCUT2D eigenvalue weighted by Gasteiger charge is 2.35. The lowest BCUT2D eigenvalue weighted by molar-refractivity contribution is -0.132. The number of carbonyl (C=O) groups is 1. The first-order chi connectivity index (χ1) is 7.22. The van der Waals surface area contributed by atoms with Gasteiger partial charge in [0.15, 0.2) is 0 Å². The molecular formula is C11H20N2O2. The van der Waals surface area contributed by atoms with Crippen molar-refractivity contribution in [3.8, 4) is 0 Å². The molecule has 3 atom stereocenters. The molecule has 86 valence electrons. The van der Waals surface area contributed by atoms with Gasteiger partial charge >= 0.3 is 0 Å². The first kappa shape index (κ1) is 10.9. The Kier molecular flexibility index (Phi) is 3.26. The van der Waals surface area contributed by atoms with E-state index in [9.17, 15) is 4.79 Å². The summed E-state index contributed by atoms with van der Waals surface area (Å²) in [5.74, 6) is 0.936. The molecule has 0 aromatic rings. The van der Waals surface area contributed by atoms with Gasteiger partial charge in [-0.05, 0) is 25.3 Å². The molecule has 0 radical (unpaired) electrons. The van der Waals surface area contributed by atoms with Crippen molar-refractivity contribution in [1.29, 1.82) is 0 Å². The summed E-state index contributed by atoms with van der Waals surface area (Å²) >= 11 is 0. The van der Waals surface area contributed by atoms with Gasteiger partial charge in [0.25, 0.3) is 0 Å². The van der Waals surface area contributed by atoms with Crippen molar-refractivity contribution in [1.82, 2.24) is 10.2 Å². The molecule has 2 rings (SSSR count). The molecule has 0 aromatic carbocycles. The zero-order chi connectivity index (χ0) is 10.8. The Morgan fingerprint density at radius 1 is 1.53 bits per heavy atom. The van der Waals surface area contributed by atoms with Crippen LogP contribution in [0.3, 0.4) is 0 Å². The number of aliphatic hydroxyl groups excluding tert-OH is 1. The fourth-order valence-electron chi connectivity index (χ4n) is 2.57. The van der Waals surface area contributed by atoms with Crippen molar-refractivity contribution in [2.75, 3.05) is 26.2 Å². The second kappa shape index (κ2) is 4.49. The highest BCUT2D eigenvalue weighted by atomic mass is 16.3. The number of hydrogen-bond donors (Lipinski definition) is 2. The van der Waals surface area contributed by atoms with Crippen molar-refractivity contribution < 1.29 is 9.90 Å². The number of likely N-dealkylation sites (tertiary alicyclic amines) is 1. The molecule has 0 spiro atoms. The van der Waals surface area contributed by atoms with E-state index in [0.717, 1.165) is 32.5 Å². The fraction of sp³-hybridized carbons (Fsp3) is 0.909. The predicted octanol–water partition coefficient (Wildman–Crippen LogP) is -0.175. The van der Waals surface area contributed by atoms with Gasteiger partial charge < -0.3 is 15.3 Å². The van der Waals surface area contributed by atoms with Gasteiger partial charge in [-0.1, -0.05) is 6.92 Å². The normalized spacial score (nSPS) is 36.1. The molecule has 2 fully saturated rings. The Balaban J connectivity index is 1.91. The fourth-order valence-corrected chi connectivity index (χ4v) is 2.57. The molecule has 1 amide bonds. The van der Waals surface area contributed by atoms with Crippen molar-refractivity contribution in [2.45, 2.75) is 25.8 Å². The summed E-state index contributed by atoms with van der Waals surface area (Å²) in [4.78, 5) is 13.9. The van der Waals surface area contributed by atoms with Crippen LogP contribution in [-0.4, -0.2) is 48.2 Å². The topological polar surface area (TPSA) is 52.6 Å². The lowest BCUT2D eigenvalue weighted by atomic mass is 10.00. The molecule has 2 saturated heterocycles. The van der Waals surface area contributed by atoms with Crippen LogP contribution >= 0.6 is 0 Å². The van der Waals surface area contributed by atoms with Crippen molar-refractivity contribution in [3.63, 3.8) is 0 Å². The Hall–Kier alpha value is -0.610. The van der Waals surface area contributed by atoms with E-state index in [-0.39, 0.29) is 24.5 Å². The maximum atomic E-state index is 12.0. The zero-order valence-corrected chi connectivity index (χ0v) is 9.28. The number of aliphatic hydroxyl groups is 1. The van der Waals surface area contributed by atoms with Gasteiger partial charge in [-0.3, -0.25) is 4.79 Å². The average Bonchev–Trinajstić information content (AvgIpc) is 2.85. The van der Waals surface area contributed by atoms with E-state index < -0.39 is 0 Å². The number of nitrogens with zero attached hydrogens (tertiary/aromatic N) is 1. The van der Waals surface area contributed by atoms with Crippen LogP contribution in [0.25, 0.3) is 0 Å². The molecule has 4 heteroatoms. The summed E-state index contributed by atoms with van der Waals surface area (Å²) in [6.45, 7) is 4.80. The molecule has 0 aliphatic carbocycles. The van der Waals surface area contributed by atoms with Gasteiger partial charge in [0.05, 0.1) is 6.04 Å².